The first kappa shape index (κ1) is 46.9. The first-order valence-corrected chi connectivity index (χ1v) is 21.9. The Kier molecular flexibility index (Phi) is 13.7. The molecule has 6 aliphatic rings. The Morgan fingerprint density at radius 1 is 0.887 bits per heavy atom. The van der Waals surface area contributed by atoms with Crippen LogP contribution >= 0.6 is 0 Å². The van der Waals surface area contributed by atoms with Gasteiger partial charge in [-0.1, -0.05) is 57.7 Å². The minimum Gasteiger partial charge on any atom is -0.481 e. The van der Waals surface area contributed by atoms with Gasteiger partial charge in [0, 0.05) is 11.8 Å². The summed E-state index contributed by atoms with van der Waals surface area (Å²) in [5.41, 5.74) is -1.86. The first-order chi connectivity index (χ1) is 29.2. The topological polar surface area (TPSA) is 268 Å². The van der Waals surface area contributed by atoms with Gasteiger partial charge in [-0.3, -0.25) is 14.4 Å². The summed E-state index contributed by atoms with van der Waals surface area (Å²) in [6.45, 7) is 10.3. The first-order valence-electron chi connectivity index (χ1n) is 21.9. The predicted octanol–water partition coefficient (Wildman–Crippen LogP) is 1.65. The second-order valence-electron chi connectivity index (χ2n) is 19.4. The van der Waals surface area contributed by atoms with Crippen LogP contribution in [0.1, 0.15) is 97.1 Å². The molecule has 0 aromatic heterocycles. The average molecular weight is 877 g/mol. The molecule has 6 fully saturated rings. The summed E-state index contributed by atoms with van der Waals surface area (Å²) in [5, 5.41) is 87.7. The minimum absolute atomic E-state index is 0.0265. The third kappa shape index (κ3) is 8.60. The van der Waals surface area contributed by atoms with Crippen LogP contribution in [0.3, 0.4) is 0 Å². The van der Waals surface area contributed by atoms with E-state index in [0.29, 0.717) is 43.2 Å². The molecule has 2 saturated heterocycles. The fraction of sp³-hybridized carbons (Fsp3) is 0.756. The van der Waals surface area contributed by atoms with E-state index < -0.39 is 133 Å². The molecule has 1 unspecified atom stereocenters. The number of ether oxygens (including phenoxy) is 6. The van der Waals surface area contributed by atoms with E-state index in [1.807, 2.05) is 6.92 Å². The molecule has 2 aliphatic heterocycles. The normalized spacial score (nSPS) is 44.5. The lowest BCUT2D eigenvalue weighted by atomic mass is 9.42. The van der Waals surface area contributed by atoms with Crippen molar-refractivity contribution in [2.45, 2.75) is 171 Å². The molecule has 0 radical (unpaired) electrons. The molecule has 4 aliphatic carbocycles. The highest BCUT2D eigenvalue weighted by Gasteiger charge is 2.70. The lowest BCUT2D eigenvalue weighted by molar-refractivity contribution is -0.364. The predicted molar refractivity (Wildman–Crippen MR) is 214 cm³/mol. The van der Waals surface area contributed by atoms with Crippen molar-refractivity contribution >= 4 is 17.9 Å². The number of carbonyl (C=O) groups is 3. The number of aliphatic hydroxyl groups excluding tert-OH is 6. The monoisotopic (exact) mass is 876 g/mol. The van der Waals surface area contributed by atoms with Gasteiger partial charge in [0.15, 0.2) is 24.8 Å². The summed E-state index contributed by atoms with van der Waals surface area (Å²) in [4.78, 5) is 40.6. The van der Waals surface area contributed by atoms with Crippen LogP contribution in [0.4, 0.5) is 0 Å². The number of fused-ring (bicyclic) bond motifs is 3. The van der Waals surface area contributed by atoms with Crippen LogP contribution in [-0.2, 0) is 42.8 Å². The van der Waals surface area contributed by atoms with Crippen molar-refractivity contribution in [2.24, 2.45) is 34.5 Å². The number of carboxylic acids is 1. The largest absolute Gasteiger partial charge is 0.481 e. The molecule has 1 aromatic rings. The van der Waals surface area contributed by atoms with Crippen molar-refractivity contribution in [2.75, 3.05) is 6.61 Å². The number of hydrogen-bond donors (Lipinski definition) is 8. The van der Waals surface area contributed by atoms with Crippen LogP contribution in [0, 0.1) is 34.5 Å². The summed E-state index contributed by atoms with van der Waals surface area (Å²) in [6, 6.07) is 8.34. The highest BCUT2D eigenvalue weighted by atomic mass is 16.8. The Morgan fingerprint density at radius 3 is 2.23 bits per heavy atom. The van der Waals surface area contributed by atoms with Gasteiger partial charge in [-0.25, -0.2) is 0 Å². The molecule has 7 rings (SSSR count). The third-order valence-electron chi connectivity index (χ3n) is 15.0. The van der Waals surface area contributed by atoms with Crippen molar-refractivity contribution in [3.63, 3.8) is 0 Å². The maximum Gasteiger partial charge on any atom is 0.309 e. The molecule has 1 spiro atoms. The molecule has 2 heterocycles. The maximum absolute atomic E-state index is 13.8. The van der Waals surface area contributed by atoms with Gasteiger partial charge >= 0.3 is 17.9 Å². The Bertz CT molecular complexity index is 1790. The van der Waals surface area contributed by atoms with Crippen LogP contribution in [0.25, 0.3) is 0 Å². The smallest absolute Gasteiger partial charge is 0.309 e. The van der Waals surface area contributed by atoms with E-state index in [1.165, 1.54) is 6.92 Å². The molecule has 8 N–H and O–H groups in total. The summed E-state index contributed by atoms with van der Waals surface area (Å²) in [5.74, 6) is -4.35. The number of esters is 2. The second-order valence-corrected chi connectivity index (χ2v) is 19.4. The van der Waals surface area contributed by atoms with Crippen LogP contribution in [-0.4, -0.2) is 145 Å². The minimum atomic E-state index is -1.83. The highest BCUT2D eigenvalue weighted by Crippen LogP contribution is 2.71. The molecule has 4 saturated carbocycles. The Labute approximate surface area is 360 Å². The quantitative estimate of drug-likeness (QED) is 0.0796. The van der Waals surface area contributed by atoms with Gasteiger partial charge in [-0.05, 0) is 86.2 Å². The average Bonchev–Trinajstić information content (AvgIpc) is 3.35. The lowest BCUT2D eigenvalue weighted by Gasteiger charge is -2.63. The van der Waals surface area contributed by atoms with E-state index in [0.717, 1.165) is 0 Å². The fourth-order valence-corrected chi connectivity index (χ4v) is 12.1. The van der Waals surface area contributed by atoms with E-state index in [1.54, 1.807) is 44.2 Å². The van der Waals surface area contributed by atoms with Crippen molar-refractivity contribution in [3.8, 4) is 0 Å². The summed E-state index contributed by atoms with van der Waals surface area (Å²) in [6.07, 6.45) is -17.0. The van der Waals surface area contributed by atoms with Gasteiger partial charge in [0.1, 0.15) is 30.5 Å². The van der Waals surface area contributed by atoms with Crippen molar-refractivity contribution in [1.82, 2.24) is 0 Å². The molecule has 346 valence electrons. The number of aliphatic hydroxyl groups is 7. The maximum atomic E-state index is 13.8. The van der Waals surface area contributed by atoms with E-state index in [-0.39, 0.29) is 37.0 Å². The lowest BCUT2D eigenvalue weighted by Crippen LogP contribution is -2.66. The van der Waals surface area contributed by atoms with Crippen molar-refractivity contribution in [1.29, 1.82) is 0 Å². The Balaban J connectivity index is 1.23. The summed E-state index contributed by atoms with van der Waals surface area (Å²) in [7, 11) is 0. The van der Waals surface area contributed by atoms with Gasteiger partial charge in [-0.15, -0.1) is 0 Å². The molecular formula is C45H64O17. The van der Waals surface area contributed by atoms with Crippen LogP contribution < -0.4 is 0 Å². The second kappa shape index (κ2) is 18.1. The van der Waals surface area contributed by atoms with Gasteiger partial charge < -0.3 is 69.3 Å². The van der Waals surface area contributed by atoms with Crippen LogP contribution in [0.2, 0.25) is 0 Å². The van der Waals surface area contributed by atoms with Crippen LogP contribution in [0.5, 0.6) is 0 Å². The van der Waals surface area contributed by atoms with Gasteiger partial charge in [0.2, 0.25) is 0 Å². The van der Waals surface area contributed by atoms with E-state index in [2.05, 4.69) is 6.58 Å². The Hall–Kier alpha value is -3.07. The number of hydrogen-bond acceptors (Lipinski definition) is 16. The number of rotatable bonds is 13. The van der Waals surface area contributed by atoms with Crippen molar-refractivity contribution < 1.29 is 83.7 Å². The van der Waals surface area contributed by atoms with Gasteiger partial charge in [0.05, 0.1) is 49.0 Å². The third-order valence-corrected chi connectivity index (χ3v) is 15.0. The fourth-order valence-electron chi connectivity index (χ4n) is 12.1. The van der Waals surface area contributed by atoms with Crippen LogP contribution in [0.15, 0.2) is 42.5 Å². The van der Waals surface area contributed by atoms with E-state index in [4.69, 9.17) is 28.4 Å². The molecule has 62 heavy (non-hydrogen) atoms. The number of carboxylic acid groups (broad SMARTS) is 1. The van der Waals surface area contributed by atoms with Gasteiger partial charge in [0.25, 0.3) is 0 Å². The van der Waals surface area contributed by atoms with Gasteiger partial charge in [-0.2, -0.15) is 0 Å². The van der Waals surface area contributed by atoms with E-state index in [9.17, 15) is 55.2 Å². The summed E-state index contributed by atoms with van der Waals surface area (Å²) < 4.78 is 37.1. The van der Waals surface area contributed by atoms with E-state index >= 15 is 0 Å². The number of carbonyl (C=O) groups excluding carboxylic acids is 2. The van der Waals surface area contributed by atoms with Crippen molar-refractivity contribution in [3.05, 3.63) is 48.0 Å². The number of benzene rings is 1. The number of aliphatic carboxylic acids is 1. The zero-order valence-electron chi connectivity index (χ0n) is 35.7. The molecule has 19 atom stereocenters. The molecule has 17 nitrogen and oxygen atoms in total. The molecule has 1 aromatic carbocycles. The standard InChI is InChI=1S/C45H64O17/c1-21(2)15-31(48)61-38-37(60-32(49)17-28(47)24-9-7-6-8-10-24)36(62-41-35(52)34(51)33(50)23(4)57-41)29(19-46)59-42(38)58-25-16-26(40(54)55)27-11-13-44-20-45(56,22(3)39(44)53)14-12-30(44)43(27,5)18-25/h6-10,21,23,25-30,33-39,41-42,46-47,50-53,56H,3,11-20H2,1-2,4-5H3,(H,54,55)/t23-,25-,26-,27-,28?,29-,30+,33-,34+,35+,36-,37+,38-,39+,41-,42-,43-,44-,45+/m1/s1. The molecule has 2 bridgehead atoms. The SMILES string of the molecule is C=C1[C@H](O)[C@@]23CC[C@@H]4[C@H](C(=O)O)C[C@@H](O[C@@H]5O[C@H](CO)[C@@H](O[C@H]6O[C@H](C)[C@@H](O)[C@H](O)[C@@H]6O)[C@H](OC(=O)CC(O)c6ccccc6)[C@H]5OC(=O)CC(C)C)C[C@@]4(C)[C@@H]2CC[C@]1(O)C3. The zero-order chi connectivity index (χ0) is 45.1. The Morgan fingerprint density at radius 2 is 1.56 bits per heavy atom. The molecular weight excluding hydrogens is 812 g/mol. The highest BCUT2D eigenvalue weighted by molar-refractivity contribution is 5.72. The summed E-state index contributed by atoms with van der Waals surface area (Å²) >= 11 is 0. The zero-order valence-corrected chi connectivity index (χ0v) is 35.7. The molecule has 0 amide bonds. The molecule has 17 heteroatoms.